The Morgan fingerprint density at radius 3 is 2.41 bits per heavy atom. The van der Waals surface area contributed by atoms with Crippen LogP contribution in [-0.2, 0) is 0 Å². The predicted molar refractivity (Wildman–Crippen MR) is 116 cm³/mol. The molecule has 152 valence electrons. The Bertz CT molecular complexity index is 990. The Labute approximate surface area is 170 Å². The van der Waals surface area contributed by atoms with E-state index in [1.165, 1.54) is 6.33 Å². The van der Waals surface area contributed by atoms with Gasteiger partial charge in [0.25, 0.3) is 0 Å². The number of anilines is 3. The predicted octanol–water partition coefficient (Wildman–Crippen LogP) is 4.80. The van der Waals surface area contributed by atoms with Crippen LogP contribution in [0.25, 0.3) is 10.9 Å². The van der Waals surface area contributed by atoms with Crippen LogP contribution in [0.5, 0.6) is 0 Å². The maximum absolute atomic E-state index is 12.0. The first-order chi connectivity index (χ1) is 13.9. The van der Waals surface area contributed by atoms with E-state index in [0.29, 0.717) is 36.4 Å². The average Bonchev–Trinajstić information content (AvgIpc) is 2.66. The summed E-state index contributed by atoms with van der Waals surface area (Å²) in [7, 11) is 0. The van der Waals surface area contributed by atoms with Gasteiger partial charge in [0.2, 0.25) is 11.6 Å². The van der Waals surface area contributed by atoms with Gasteiger partial charge in [0.15, 0.2) is 0 Å². The lowest BCUT2D eigenvalue weighted by Crippen LogP contribution is -2.32. The highest BCUT2D eigenvalue weighted by Gasteiger charge is 2.28. The van der Waals surface area contributed by atoms with Gasteiger partial charge < -0.3 is 10.2 Å². The summed E-state index contributed by atoms with van der Waals surface area (Å²) in [6, 6.07) is 9.36. The summed E-state index contributed by atoms with van der Waals surface area (Å²) >= 11 is 0. The number of aromatic nitrogens is 3. The Balaban J connectivity index is 2.07. The third kappa shape index (κ3) is 4.77. The van der Waals surface area contributed by atoms with Gasteiger partial charge in [-0.15, -0.1) is 0 Å². The summed E-state index contributed by atoms with van der Waals surface area (Å²) in [5.41, 5.74) is 1.40. The first kappa shape index (κ1) is 20.4. The van der Waals surface area contributed by atoms with Gasteiger partial charge in [-0.25, -0.2) is 9.97 Å². The lowest BCUT2D eigenvalue weighted by Gasteiger charge is -2.27. The first-order valence-corrected chi connectivity index (χ1v) is 9.72. The van der Waals surface area contributed by atoms with Crippen molar-refractivity contribution >= 4 is 33.9 Å². The zero-order valence-electron chi connectivity index (χ0n) is 17.2. The number of pyridine rings is 1. The molecule has 0 aliphatic rings. The van der Waals surface area contributed by atoms with Gasteiger partial charge in [0, 0.05) is 30.4 Å². The molecule has 0 unspecified atom stereocenters. The van der Waals surface area contributed by atoms with Gasteiger partial charge in [-0.2, -0.15) is 0 Å². The van der Waals surface area contributed by atoms with Crippen molar-refractivity contribution in [3.05, 3.63) is 53.0 Å². The van der Waals surface area contributed by atoms with E-state index in [-0.39, 0.29) is 11.5 Å². The number of hydrogen-bond acceptors (Lipinski definition) is 7. The molecule has 0 amide bonds. The minimum Gasteiger partial charge on any atom is -0.350 e. The van der Waals surface area contributed by atoms with Crippen molar-refractivity contribution in [3.63, 3.8) is 0 Å². The molecule has 3 aromatic rings. The molecule has 0 aliphatic carbocycles. The molecule has 3 rings (SSSR count). The lowest BCUT2D eigenvalue weighted by molar-refractivity contribution is -0.383. The van der Waals surface area contributed by atoms with Gasteiger partial charge >= 0.3 is 5.69 Å². The summed E-state index contributed by atoms with van der Waals surface area (Å²) in [6.45, 7) is 9.69. The second kappa shape index (κ2) is 8.81. The molecule has 8 nitrogen and oxygen atoms in total. The molecule has 0 fully saturated rings. The molecular formula is C21H26N6O2. The smallest absolute Gasteiger partial charge is 0.350 e. The fourth-order valence-corrected chi connectivity index (χ4v) is 3.33. The number of benzene rings is 1. The van der Waals surface area contributed by atoms with Gasteiger partial charge in [0.05, 0.1) is 10.4 Å². The third-order valence-electron chi connectivity index (χ3n) is 4.35. The van der Waals surface area contributed by atoms with Gasteiger partial charge in [-0.1, -0.05) is 33.8 Å². The SMILES string of the molecule is CC(C)CN(CC(C)C)c1ncnc(Nc2cccc3ncccc23)c1[N+](=O)[O-]. The highest BCUT2D eigenvalue weighted by molar-refractivity contribution is 5.93. The number of nitrogens with one attached hydrogen (secondary N) is 1. The first-order valence-electron chi connectivity index (χ1n) is 9.72. The van der Waals surface area contributed by atoms with Crippen LogP contribution < -0.4 is 10.2 Å². The minimum absolute atomic E-state index is 0.116. The molecule has 0 radical (unpaired) electrons. The van der Waals surface area contributed by atoms with Crippen molar-refractivity contribution in [1.29, 1.82) is 0 Å². The number of nitrogens with zero attached hydrogens (tertiary/aromatic N) is 5. The molecule has 2 aromatic heterocycles. The van der Waals surface area contributed by atoms with E-state index in [9.17, 15) is 10.1 Å². The van der Waals surface area contributed by atoms with E-state index >= 15 is 0 Å². The Kier molecular flexibility index (Phi) is 6.21. The largest absolute Gasteiger partial charge is 0.353 e. The van der Waals surface area contributed by atoms with E-state index in [4.69, 9.17) is 0 Å². The van der Waals surface area contributed by atoms with E-state index in [1.807, 2.05) is 35.2 Å². The zero-order valence-corrected chi connectivity index (χ0v) is 17.2. The number of fused-ring (bicyclic) bond motifs is 1. The molecule has 0 atom stereocenters. The average molecular weight is 394 g/mol. The van der Waals surface area contributed by atoms with Crippen LogP contribution in [0, 0.1) is 22.0 Å². The van der Waals surface area contributed by atoms with Crippen molar-refractivity contribution in [2.24, 2.45) is 11.8 Å². The second-order valence-electron chi connectivity index (χ2n) is 7.84. The molecule has 0 spiro atoms. The summed E-state index contributed by atoms with van der Waals surface area (Å²) < 4.78 is 0. The molecule has 0 aliphatic heterocycles. The quantitative estimate of drug-likeness (QED) is 0.433. The topological polar surface area (TPSA) is 97.1 Å². The van der Waals surface area contributed by atoms with Crippen LogP contribution in [-0.4, -0.2) is 33.0 Å². The molecule has 1 N–H and O–H groups in total. The molecule has 29 heavy (non-hydrogen) atoms. The number of hydrogen-bond donors (Lipinski definition) is 1. The van der Waals surface area contributed by atoms with E-state index in [2.05, 4.69) is 48.0 Å². The number of rotatable bonds is 8. The molecule has 0 saturated carbocycles. The van der Waals surface area contributed by atoms with Crippen LogP contribution in [0.2, 0.25) is 0 Å². The molecule has 0 bridgehead atoms. The maximum Gasteiger partial charge on any atom is 0.353 e. The van der Waals surface area contributed by atoms with E-state index < -0.39 is 4.92 Å². The summed E-state index contributed by atoms with van der Waals surface area (Å²) in [4.78, 5) is 26.4. The van der Waals surface area contributed by atoms with E-state index in [1.54, 1.807) is 6.20 Å². The summed E-state index contributed by atoms with van der Waals surface area (Å²) in [6.07, 6.45) is 3.09. The zero-order chi connectivity index (χ0) is 21.0. The van der Waals surface area contributed by atoms with Gasteiger partial charge in [-0.3, -0.25) is 15.1 Å². The normalized spacial score (nSPS) is 11.2. The Hall–Kier alpha value is -3.29. The standard InChI is InChI=1S/C21H26N6O2/c1-14(2)11-26(12-15(3)4)21-19(27(28)29)20(23-13-24-21)25-18-9-5-8-17-16(18)7-6-10-22-17/h5-10,13-15H,11-12H2,1-4H3,(H,23,24,25). The Morgan fingerprint density at radius 2 is 1.76 bits per heavy atom. The maximum atomic E-state index is 12.0. The highest BCUT2D eigenvalue weighted by Crippen LogP contribution is 2.35. The van der Waals surface area contributed by atoms with Crippen LogP contribution >= 0.6 is 0 Å². The van der Waals surface area contributed by atoms with Crippen molar-refractivity contribution < 1.29 is 4.92 Å². The van der Waals surface area contributed by atoms with Crippen LogP contribution in [0.1, 0.15) is 27.7 Å². The lowest BCUT2D eigenvalue weighted by atomic mass is 10.1. The van der Waals surface area contributed by atoms with Crippen molar-refractivity contribution in [2.75, 3.05) is 23.3 Å². The highest BCUT2D eigenvalue weighted by atomic mass is 16.6. The molecule has 1 aromatic carbocycles. The fourth-order valence-electron chi connectivity index (χ4n) is 3.33. The molecule has 2 heterocycles. The second-order valence-corrected chi connectivity index (χ2v) is 7.84. The van der Waals surface area contributed by atoms with Crippen LogP contribution in [0.15, 0.2) is 42.9 Å². The van der Waals surface area contributed by atoms with Crippen LogP contribution in [0.3, 0.4) is 0 Å². The number of nitro groups is 1. The Morgan fingerprint density at radius 1 is 1.03 bits per heavy atom. The molecular weight excluding hydrogens is 368 g/mol. The third-order valence-corrected chi connectivity index (χ3v) is 4.35. The summed E-state index contributed by atoms with van der Waals surface area (Å²) in [5, 5.41) is 16.0. The van der Waals surface area contributed by atoms with Crippen molar-refractivity contribution in [3.8, 4) is 0 Å². The van der Waals surface area contributed by atoms with Crippen molar-refractivity contribution in [1.82, 2.24) is 15.0 Å². The fraction of sp³-hybridized carbons (Fsp3) is 0.381. The molecule has 0 saturated heterocycles. The van der Waals surface area contributed by atoms with Crippen LogP contribution in [0.4, 0.5) is 23.0 Å². The van der Waals surface area contributed by atoms with Crippen molar-refractivity contribution in [2.45, 2.75) is 27.7 Å². The van der Waals surface area contributed by atoms with Gasteiger partial charge in [0.1, 0.15) is 6.33 Å². The minimum atomic E-state index is -0.408. The van der Waals surface area contributed by atoms with Gasteiger partial charge in [-0.05, 0) is 36.1 Å². The molecule has 8 heteroatoms. The van der Waals surface area contributed by atoms with E-state index in [0.717, 1.165) is 10.9 Å². The summed E-state index contributed by atoms with van der Waals surface area (Å²) in [5.74, 6) is 1.19. The monoisotopic (exact) mass is 394 g/mol.